The van der Waals surface area contributed by atoms with Gasteiger partial charge >= 0.3 is 5.97 Å². The molecule has 0 radical (unpaired) electrons. The van der Waals surface area contributed by atoms with Crippen molar-refractivity contribution in [3.05, 3.63) is 23.8 Å². The lowest BCUT2D eigenvalue weighted by atomic mass is 10.0. The molecule has 1 aromatic carbocycles. The molecule has 2 rings (SSSR count). The molecule has 1 aliphatic rings. The van der Waals surface area contributed by atoms with Gasteiger partial charge in [-0.3, -0.25) is 14.4 Å². The first kappa shape index (κ1) is 20.2. The number of nitrogens with one attached hydrogen (secondary N) is 3. The number of fused-ring (bicyclic) bond motifs is 1. The number of amides is 3. The molecule has 9 heteroatoms. The van der Waals surface area contributed by atoms with E-state index in [4.69, 9.17) is 9.84 Å². The first-order valence-corrected chi connectivity index (χ1v) is 8.60. The summed E-state index contributed by atoms with van der Waals surface area (Å²) in [5.74, 6) is -2.30. The fourth-order valence-corrected chi connectivity index (χ4v) is 2.60. The summed E-state index contributed by atoms with van der Waals surface area (Å²) in [4.78, 5) is 47.2. The van der Waals surface area contributed by atoms with Crippen molar-refractivity contribution in [3.8, 4) is 5.75 Å². The number of para-hydroxylation sites is 1. The van der Waals surface area contributed by atoms with Gasteiger partial charge < -0.3 is 25.8 Å². The largest absolute Gasteiger partial charge is 0.480 e. The Hall–Kier alpha value is -3.10. The number of carbonyl (C=O) groups excluding carboxylic acids is 3. The molecule has 0 bridgehead atoms. The highest BCUT2D eigenvalue weighted by molar-refractivity contribution is 6.04. The molecule has 2 atom stereocenters. The molecule has 0 aliphatic carbocycles. The van der Waals surface area contributed by atoms with Crippen LogP contribution in [-0.4, -0.2) is 47.5 Å². The number of anilines is 1. The molecular formula is C18H23N3O6. The fourth-order valence-electron chi connectivity index (χ4n) is 2.60. The zero-order valence-corrected chi connectivity index (χ0v) is 15.4. The van der Waals surface area contributed by atoms with E-state index < -0.39 is 29.9 Å². The minimum atomic E-state index is -1.13. The molecular weight excluding hydrogens is 354 g/mol. The van der Waals surface area contributed by atoms with Crippen LogP contribution in [0.3, 0.4) is 0 Å². The van der Waals surface area contributed by atoms with E-state index >= 15 is 0 Å². The molecule has 0 aromatic heterocycles. The summed E-state index contributed by atoms with van der Waals surface area (Å²) in [5, 5.41) is 16.6. The Morgan fingerprint density at radius 1 is 1.30 bits per heavy atom. The topological polar surface area (TPSA) is 134 Å². The summed E-state index contributed by atoms with van der Waals surface area (Å²) in [5.41, 5.74) is 0.544. The predicted molar refractivity (Wildman–Crippen MR) is 96.5 cm³/mol. The van der Waals surface area contributed by atoms with Crippen molar-refractivity contribution in [2.75, 3.05) is 11.9 Å². The molecule has 1 aromatic rings. The summed E-state index contributed by atoms with van der Waals surface area (Å²) in [6.45, 7) is 4.87. The average molecular weight is 377 g/mol. The van der Waals surface area contributed by atoms with Crippen LogP contribution in [0.2, 0.25) is 0 Å². The maximum Gasteiger partial charge on any atom is 0.326 e. The second-order valence-corrected chi connectivity index (χ2v) is 6.70. The molecule has 1 unspecified atom stereocenters. The van der Waals surface area contributed by atoms with E-state index in [9.17, 15) is 19.2 Å². The lowest BCUT2D eigenvalue weighted by Crippen LogP contribution is -2.46. The SMILES string of the molecule is CC(C)C[C@H](NC(=O)CNC(=O)c1cccc2c1OC(C)C(=O)N2)C(=O)O. The maximum absolute atomic E-state index is 12.4. The van der Waals surface area contributed by atoms with Crippen LogP contribution in [-0.2, 0) is 14.4 Å². The number of ether oxygens (including phenoxy) is 1. The van der Waals surface area contributed by atoms with Gasteiger partial charge in [0.2, 0.25) is 5.91 Å². The normalized spacial score (nSPS) is 16.6. The summed E-state index contributed by atoms with van der Waals surface area (Å²) < 4.78 is 5.49. The number of carboxylic acid groups (broad SMARTS) is 1. The lowest BCUT2D eigenvalue weighted by molar-refractivity contribution is -0.142. The number of benzene rings is 1. The van der Waals surface area contributed by atoms with Crippen LogP contribution in [0, 0.1) is 5.92 Å². The average Bonchev–Trinajstić information content (AvgIpc) is 2.59. The van der Waals surface area contributed by atoms with Gasteiger partial charge in [0.15, 0.2) is 11.9 Å². The molecule has 4 N–H and O–H groups in total. The Morgan fingerprint density at radius 3 is 2.63 bits per heavy atom. The van der Waals surface area contributed by atoms with E-state index in [-0.39, 0.29) is 36.1 Å². The number of carboxylic acids is 1. The molecule has 0 saturated heterocycles. The standard InChI is InChI=1S/C18H23N3O6/c1-9(2)7-13(18(25)26)20-14(22)8-19-17(24)11-5-4-6-12-15(11)27-10(3)16(23)21-12/h4-6,9-10,13H,7-8H2,1-3H3,(H,19,24)(H,20,22)(H,21,23)(H,25,26)/t10?,13-/m0/s1. The predicted octanol–water partition coefficient (Wildman–Crippen LogP) is 0.751. The Labute approximate surface area is 156 Å². The van der Waals surface area contributed by atoms with Crippen molar-refractivity contribution in [1.29, 1.82) is 0 Å². The van der Waals surface area contributed by atoms with Gasteiger partial charge in [-0.25, -0.2) is 4.79 Å². The second kappa shape index (κ2) is 8.52. The molecule has 3 amide bonds. The molecule has 0 fully saturated rings. The number of carbonyl (C=O) groups is 4. The number of rotatable bonds is 7. The van der Waals surface area contributed by atoms with Crippen LogP contribution in [0.25, 0.3) is 0 Å². The van der Waals surface area contributed by atoms with Gasteiger partial charge in [-0.05, 0) is 31.4 Å². The molecule has 0 spiro atoms. The van der Waals surface area contributed by atoms with Crippen molar-refractivity contribution < 1.29 is 29.0 Å². The second-order valence-electron chi connectivity index (χ2n) is 6.70. The molecule has 1 heterocycles. The summed E-state index contributed by atoms with van der Waals surface area (Å²) in [6.07, 6.45) is -0.464. The Morgan fingerprint density at radius 2 is 2.00 bits per heavy atom. The molecule has 0 saturated carbocycles. The summed E-state index contributed by atoms with van der Waals surface area (Å²) in [7, 11) is 0. The van der Waals surface area contributed by atoms with Crippen molar-refractivity contribution >= 4 is 29.4 Å². The van der Waals surface area contributed by atoms with E-state index in [0.717, 1.165) is 0 Å². The lowest BCUT2D eigenvalue weighted by Gasteiger charge is -2.25. The fraction of sp³-hybridized carbons (Fsp3) is 0.444. The van der Waals surface area contributed by atoms with Gasteiger partial charge in [0.25, 0.3) is 11.8 Å². The van der Waals surface area contributed by atoms with Crippen molar-refractivity contribution in [2.24, 2.45) is 5.92 Å². The van der Waals surface area contributed by atoms with Crippen molar-refractivity contribution in [2.45, 2.75) is 39.3 Å². The van der Waals surface area contributed by atoms with Crippen LogP contribution in [0.4, 0.5) is 5.69 Å². The van der Waals surface area contributed by atoms with E-state index in [2.05, 4.69) is 16.0 Å². The third-order valence-corrected chi connectivity index (χ3v) is 3.93. The van der Waals surface area contributed by atoms with Gasteiger partial charge in [0.1, 0.15) is 6.04 Å². The minimum absolute atomic E-state index is 0.0891. The van der Waals surface area contributed by atoms with Gasteiger partial charge in [-0.2, -0.15) is 0 Å². The van der Waals surface area contributed by atoms with Crippen molar-refractivity contribution in [1.82, 2.24) is 10.6 Å². The quantitative estimate of drug-likeness (QED) is 0.554. The van der Waals surface area contributed by atoms with Gasteiger partial charge in [-0.1, -0.05) is 19.9 Å². The summed E-state index contributed by atoms with van der Waals surface area (Å²) in [6, 6.07) is 3.68. The highest BCUT2D eigenvalue weighted by Gasteiger charge is 2.28. The zero-order valence-electron chi connectivity index (χ0n) is 15.4. The van der Waals surface area contributed by atoms with Crippen LogP contribution in [0.5, 0.6) is 5.75 Å². The minimum Gasteiger partial charge on any atom is -0.480 e. The third-order valence-electron chi connectivity index (χ3n) is 3.93. The Balaban J connectivity index is 2.00. The Kier molecular flexibility index (Phi) is 6.38. The van der Waals surface area contributed by atoms with Crippen LogP contribution in [0.15, 0.2) is 18.2 Å². The number of hydrogen-bond acceptors (Lipinski definition) is 5. The van der Waals surface area contributed by atoms with E-state index in [1.165, 1.54) is 6.07 Å². The summed E-state index contributed by atoms with van der Waals surface area (Å²) >= 11 is 0. The number of hydrogen-bond donors (Lipinski definition) is 4. The molecule has 146 valence electrons. The van der Waals surface area contributed by atoms with Gasteiger partial charge in [-0.15, -0.1) is 0 Å². The first-order chi connectivity index (χ1) is 12.7. The smallest absolute Gasteiger partial charge is 0.326 e. The van der Waals surface area contributed by atoms with E-state index in [0.29, 0.717) is 5.69 Å². The van der Waals surface area contributed by atoms with Crippen LogP contribution >= 0.6 is 0 Å². The monoisotopic (exact) mass is 377 g/mol. The van der Waals surface area contributed by atoms with Gasteiger partial charge in [0, 0.05) is 0 Å². The van der Waals surface area contributed by atoms with Gasteiger partial charge in [0.05, 0.1) is 17.8 Å². The zero-order chi connectivity index (χ0) is 20.1. The molecule has 1 aliphatic heterocycles. The van der Waals surface area contributed by atoms with Crippen molar-refractivity contribution in [3.63, 3.8) is 0 Å². The molecule has 27 heavy (non-hydrogen) atoms. The first-order valence-electron chi connectivity index (χ1n) is 8.60. The maximum atomic E-state index is 12.4. The third kappa shape index (κ3) is 5.19. The highest BCUT2D eigenvalue weighted by Crippen LogP contribution is 2.33. The van der Waals surface area contributed by atoms with E-state index in [1.807, 2.05) is 13.8 Å². The van der Waals surface area contributed by atoms with Crippen LogP contribution in [0.1, 0.15) is 37.6 Å². The molecule has 9 nitrogen and oxygen atoms in total. The number of aliphatic carboxylic acids is 1. The van der Waals surface area contributed by atoms with Crippen LogP contribution < -0.4 is 20.7 Å². The highest BCUT2D eigenvalue weighted by atomic mass is 16.5. The van der Waals surface area contributed by atoms with E-state index in [1.54, 1.807) is 19.1 Å². The Bertz CT molecular complexity index is 761.